The lowest BCUT2D eigenvalue weighted by atomic mass is 9.97. The topological polar surface area (TPSA) is 51.0 Å². The van der Waals surface area contributed by atoms with Gasteiger partial charge in [0.25, 0.3) is 0 Å². The fourth-order valence-corrected chi connectivity index (χ4v) is 0.890. The van der Waals surface area contributed by atoms with Gasteiger partial charge in [-0.1, -0.05) is 20.8 Å². The summed E-state index contributed by atoms with van der Waals surface area (Å²) in [4.78, 5) is 0. The molecule has 1 N–H and O–H groups in total. The van der Waals surface area contributed by atoms with Crippen molar-refractivity contribution in [1.82, 2.24) is 15.5 Å². The molecule has 0 aliphatic heterocycles. The van der Waals surface area contributed by atoms with E-state index >= 15 is 0 Å². The van der Waals surface area contributed by atoms with Gasteiger partial charge in [0.2, 0.25) is 11.8 Å². The van der Waals surface area contributed by atoms with Crippen molar-refractivity contribution in [1.29, 1.82) is 0 Å². The maximum Gasteiger partial charge on any atom is 0.221 e. The third kappa shape index (κ3) is 2.81. The average Bonchev–Trinajstić information content (AvgIpc) is 2.47. The van der Waals surface area contributed by atoms with Gasteiger partial charge >= 0.3 is 0 Å². The molecule has 0 aromatic carbocycles. The average molecular weight is 183 g/mol. The van der Waals surface area contributed by atoms with Crippen LogP contribution in [0.15, 0.2) is 4.42 Å². The summed E-state index contributed by atoms with van der Waals surface area (Å²) >= 11 is 0. The van der Waals surface area contributed by atoms with E-state index in [0.717, 1.165) is 13.0 Å². The molecule has 1 aromatic rings. The Labute approximate surface area is 78.7 Å². The Hall–Kier alpha value is -0.900. The van der Waals surface area contributed by atoms with E-state index in [1.165, 1.54) is 0 Å². The van der Waals surface area contributed by atoms with Crippen LogP contribution in [0, 0.1) is 0 Å². The van der Waals surface area contributed by atoms with Crippen molar-refractivity contribution in [3.8, 4) is 0 Å². The molecule has 0 aliphatic carbocycles. The third-order valence-corrected chi connectivity index (χ3v) is 1.70. The quantitative estimate of drug-likeness (QED) is 0.763. The van der Waals surface area contributed by atoms with Crippen molar-refractivity contribution in [2.45, 2.75) is 32.6 Å². The lowest BCUT2D eigenvalue weighted by molar-refractivity contribution is 0.370. The molecule has 0 saturated heterocycles. The first-order chi connectivity index (χ1) is 6.04. The van der Waals surface area contributed by atoms with Crippen LogP contribution in [0.4, 0.5) is 0 Å². The van der Waals surface area contributed by atoms with E-state index < -0.39 is 0 Å². The largest absolute Gasteiger partial charge is 0.425 e. The number of rotatable bonds is 3. The number of aromatic nitrogens is 2. The SMILES string of the molecule is CNCCc1nnc(C(C)(C)C)o1. The summed E-state index contributed by atoms with van der Waals surface area (Å²) in [6.07, 6.45) is 0.791. The Morgan fingerprint density at radius 3 is 2.46 bits per heavy atom. The Bertz CT molecular complexity index is 262. The summed E-state index contributed by atoms with van der Waals surface area (Å²) in [6, 6.07) is 0. The first-order valence-corrected chi connectivity index (χ1v) is 4.51. The first kappa shape index (κ1) is 10.2. The second-order valence-electron chi connectivity index (χ2n) is 4.10. The summed E-state index contributed by atoms with van der Waals surface area (Å²) in [5.74, 6) is 1.41. The maximum atomic E-state index is 5.49. The molecule has 13 heavy (non-hydrogen) atoms. The zero-order valence-corrected chi connectivity index (χ0v) is 8.72. The van der Waals surface area contributed by atoms with Crippen LogP contribution < -0.4 is 5.32 Å². The van der Waals surface area contributed by atoms with Crippen LogP contribution in [0.5, 0.6) is 0 Å². The number of hydrogen-bond acceptors (Lipinski definition) is 4. The molecule has 0 atom stereocenters. The van der Waals surface area contributed by atoms with E-state index in [0.29, 0.717) is 11.8 Å². The lowest BCUT2D eigenvalue weighted by Crippen LogP contribution is -2.11. The minimum atomic E-state index is -0.0507. The number of likely N-dealkylation sites (N-methyl/N-ethyl adjacent to an activating group) is 1. The van der Waals surface area contributed by atoms with E-state index in [9.17, 15) is 0 Å². The Morgan fingerprint density at radius 1 is 1.31 bits per heavy atom. The molecule has 1 rings (SSSR count). The Kier molecular flexibility index (Phi) is 3.03. The van der Waals surface area contributed by atoms with Gasteiger partial charge in [0, 0.05) is 18.4 Å². The molecule has 0 fully saturated rings. The smallest absolute Gasteiger partial charge is 0.221 e. The van der Waals surface area contributed by atoms with Crippen molar-refractivity contribution >= 4 is 0 Å². The predicted molar refractivity (Wildman–Crippen MR) is 50.6 cm³/mol. The van der Waals surface area contributed by atoms with Crippen molar-refractivity contribution in [3.05, 3.63) is 11.8 Å². The van der Waals surface area contributed by atoms with E-state index in [-0.39, 0.29) is 5.41 Å². The number of nitrogens with zero attached hydrogens (tertiary/aromatic N) is 2. The van der Waals surface area contributed by atoms with Crippen LogP contribution in [-0.4, -0.2) is 23.8 Å². The third-order valence-electron chi connectivity index (χ3n) is 1.70. The molecule has 0 unspecified atom stereocenters. The van der Waals surface area contributed by atoms with E-state index in [4.69, 9.17) is 4.42 Å². The van der Waals surface area contributed by atoms with Gasteiger partial charge in [0.1, 0.15) is 0 Å². The molecule has 1 aromatic heterocycles. The monoisotopic (exact) mass is 183 g/mol. The van der Waals surface area contributed by atoms with Crippen LogP contribution in [0.25, 0.3) is 0 Å². The normalized spacial score (nSPS) is 12.0. The predicted octanol–water partition coefficient (Wildman–Crippen LogP) is 1.13. The van der Waals surface area contributed by atoms with Gasteiger partial charge in [-0.25, -0.2) is 0 Å². The molecule has 4 heteroatoms. The standard InChI is InChI=1S/C9H17N3O/c1-9(2,3)8-12-11-7(13-8)5-6-10-4/h10H,5-6H2,1-4H3. The molecule has 0 aliphatic rings. The van der Waals surface area contributed by atoms with Gasteiger partial charge < -0.3 is 9.73 Å². The highest BCUT2D eigenvalue weighted by Crippen LogP contribution is 2.20. The molecule has 0 radical (unpaired) electrons. The molecular formula is C9H17N3O. The number of nitrogens with one attached hydrogen (secondary N) is 1. The van der Waals surface area contributed by atoms with E-state index in [1.54, 1.807) is 0 Å². The molecular weight excluding hydrogens is 166 g/mol. The van der Waals surface area contributed by atoms with Crippen molar-refractivity contribution in [3.63, 3.8) is 0 Å². The van der Waals surface area contributed by atoms with Crippen LogP contribution in [0.2, 0.25) is 0 Å². The summed E-state index contributed by atoms with van der Waals surface area (Å²) in [5.41, 5.74) is -0.0507. The highest BCUT2D eigenvalue weighted by atomic mass is 16.4. The van der Waals surface area contributed by atoms with Gasteiger partial charge in [0.05, 0.1) is 0 Å². The minimum absolute atomic E-state index is 0.0507. The zero-order chi connectivity index (χ0) is 9.90. The highest BCUT2D eigenvalue weighted by molar-refractivity contribution is 4.96. The number of hydrogen-bond donors (Lipinski definition) is 1. The summed E-state index contributed by atoms with van der Waals surface area (Å²) in [5, 5.41) is 11.0. The van der Waals surface area contributed by atoms with Crippen molar-refractivity contribution < 1.29 is 4.42 Å². The second kappa shape index (κ2) is 3.87. The molecule has 74 valence electrons. The van der Waals surface area contributed by atoms with Gasteiger partial charge in [-0.15, -0.1) is 10.2 Å². The van der Waals surface area contributed by atoms with E-state index in [1.807, 2.05) is 7.05 Å². The lowest BCUT2D eigenvalue weighted by Gasteiger charge is -2.10. The molecule has 0 spiro atoms. The first-order valence-electron chi connectivity index (χ1n) is 4.51. The van der Waals surface area contributed by atoms with Crippen molar-refractivity contribution in [2.75, 3.05) is 13.6 Å². The van der Waals surface area contributed by atoms with Gasteiger partial charge in [0.15, 0.2) is 0 Å². The van der Waals surface area contributed by atoms with Gasteiger partial charge in [-0.05, 0) is 7.05 Å². The molecule has 4 nitrogen and oxygen atoms in total. The zero-order valence-electron chi connectivity index (χ0n) is 8.72. The van der Waals surface area contributed by atoms with Crippen LogP contribution in [-0.2, 0) is 11.8 Å². The fraction of sp³-hybridized carbons (Fsp3) is 0.778. The molecule has 0 bridgehead atoms. The second-order valence-corrected chi connectivity index (χ2v) is 4.10. The molecule has 0 saturated carbocycles. The van der Waals surface area contributed by atoms with E-state index in [2.05, 4.69) is 36.3 Å². The minimum Gasteiger partial charge on any atom is -0.425 e. The Morgan fingerprint density at radius 2 is 2.00 bits per heavy atom. The van der Waals surface area contributed by atoms with Crippen LogP contribution in [0.1, 0.15) is 32.6 Å². The van der Waals surface area contributed by atoms with Gasteiger partial charge in [-0.3, -0.25) is 0 Å². The Balaban J connectivity index is 2.64. The summed E-state index contributed by atoms with van der Waals surface area (Å²) < 4.78 is 5.49. The highest BCUT2D eigenvalue weighted by Gasteiger charge is 2.20. The molecule has 1 heterocycles. The van der Waals surface area contributed by atoms with Crippen molar-refractivity contribution in [2.24, 2.45) is 0 Å². The van der Waals surface area contributed by atoms with Crippen LogP contribution >= 0.6 is 0 Å². The summed E-state index contributed by atoms with van der Waals surface area (Å²) in [7, 11) is 1.90. The molecule has 0 amide bonds. The van der Waals surface area contributed by atoms with Gasteiger partial charge in [-0.2, -0.15) is 0 Å². The summed E-state index contributed by atoms with van der Waals surface area (Å²) in [6.45, 7) is 7.04. The van der Waals surface area contributed by atoms with Crippen LogP contribution in [0.3, 0.4) is 0 Å². The fourth-order valence-electron chi connectivity index (χ4n) is 0.890. The maximum absolute atomic E-state index is 5.49.